The van der Waals surface area contributed by atoms with Crippen LogP contribution in [0.1, 0.15) is 17.5 Å². The van der Waals surface area contributed by atoms with Gasteiger partial charge < -0.3 is 15.3 Å². The lowest BCUT2D eigenvalue weighted by molar-refractivity contribution is 0.238. The minimum absolute atomic E-state index is 0.187. The maximum absolute atomic E-state index is 9.47. The lowest BCUT2D eigenvalue weighted by Gasteiger charge is -2.20. The van der Waals surface area contributed by atoms with Gasteiger partial charge >= 0.3 is 0 Å². The summed E-state index contributed by atoms with van der Waals surface area (Å²) in [6, 6.07) is 11.7. The highest BCUT2D eigenvalue weighted by Crippen LogP contribution is 2.34. The monoisotopic (exact) mass is 421 g/mol. The molecule has 0 bridgehead atoms. The number of anilines is 2. The van der Waals surface area contributed by atoms with E-state index in [4.69, 9.17) is 18.2 Å². The summed E-state index contributed by atoms with van der Waals surface area (Å²) in [5.41, 5.74) is 2.79. The van der Waals surface area contributed by atoms with Crippen molar-refractivity contribution in [3.63, 3.8) is 0 Å². The zero-order valence-corrected chi connectivity index (χ0v) is 17.7. The van der Waals surface area contributed by atoms with Crippen LogP contribution in [0.15, 0.2) is 36.4 Å². The maximum Gasteiger partial charge on any atom is 0.188 e. The molecular weight excluding hydrogens is 398 g/mol. The van der Waals surface area contributed by atoms with Gasteiger partial charge in [0.15, 0.2) is 17.3 Å². The molecule has 1 aliphatic heterocycles. The molecule has 0 amide bonds. The van der Waals surface area contributed by atoms with Gasteiger partial charge in [-0.3, -0.25) is 0 Å². The van der Waals surface area contributed by atoms with E-state index in [1.807, 2.05) is 37.3 Å². The van der Waals surface area contributed by atoms with Crippen molar-refractivity contribution in [3.05, 3.63) is 64.0 Å². The number of benzene rings is 2. The van der Waals surface area contributed by atoms with E-state index in [-0.39, 0.29) is 12.5 Å². The maximum atomic E-state index is 9.47. The molecule has 2 heterocycles. The van der Waals surface area contributed by atoms with Crippen LogP contribution in [0.4, 0.5) is 17.3 Å². The second kappa shape index (κ2) is 8.86. The fourth-order valence-electron chi connectivity index (χ4n) is 3.85. The van der Waals surface area contributed by atoms with E-state index >= 15 is 0 Å². The second-order valence-electron chi connectivity index (χ2n) is 7.76. The van der Waals surface area contributed by atoms with Crippen molar-refractivity contribution >= 4 is 39.7 Å². The number of rotatable bonds is 6. The van der Waals surface area contributed by atoms with Crippen molar-refractivity contribution in [2.24, 2.45) is 5.92 Å². The van der Waals surface area contributed by atoms with E-state index < -0.39 is 0 Å². The Labute approximate surface area is 181 Å². The Morgan fingerprint density at radius 3 is 2.83 bits per heavy atom. The normalized spacial score (nSPS) is 16.1. The van der Waals surface area contributed by atoms with Crippen molar-refractivity contribution in [1.29, 1.82) is 0 Å². The molecule has 6 nitrogen and oxygen atoms in total. The molecule has 4 rings (SSSR count). The molecule has 1 atom stereocenters. The largest absolute Gasteiger partial charge is 0.396 e. The smallest absolute Gasteiger partial charge is 0.188 e. The molecule has 0 aliphatic carbocycles. The molecule has 2 aromatic carbocycles. The summed E-state index contributed by atoms with van der Waals surface area (Å²) in [7, 11) is 0. The third-order valence-electron chi connectivity index (χ3n) is 5.66. The average molecular weight is 422 g/mol. The van der Waals surface area contributed by atoms with Crippen molar-refractivity contribution in [1.82, 2.24) is 10.2 Å². The van der Waals surface area contributed by atoms with Gasteiger partial charge in [-0.1, -0.05) is 35.9 Å². The van der Waals surface area contributed by atoms with Crippen molar-refractivity contribution in [2.45, 2.75) is 19.8 Å². The van der Waals surface area contributed by atoms with Crippen LogP contribution in [-0.4, -0.2) is 41.5 Å². The first-order chi connectivity index (χ1) is 14.6. The van der Waals surface area contributed by atoms with Crippen LogP contribution in [0.3, 0.4) is 0 Å². The first-order valence-electron chi connectivity index (χ1n) is 10.1. The summed E-state index contributed by atoms with van der Waals surface area (Å²) in [4.78, 5) is 5.75. The summed E-state index contributed by atoms with van der Waals surface area (Å²) in [5.74, 6) is 1.76. The van der Waals surface area contributed by atoms with Gasteiger partial charge in [-0.25, -0.2) is 4.85 Å². The molecule has 1 aliphatic rings. The lowest BCUT2D eigenvalue weighted by Crippen LogP contribution is -2.22. The number of halogens is 1. The lowest BCUT2D eigenvalue weighted by atomic mass is 10.1. The summed E-state index contributed by atoms with van der Waals surface area (Å²) >= 11 is 6.23. The Kier molecular flexibility index (Phi) is 6.03. The Bertz CT molecular complexity index is 1110. The number of aryl methyl sites for hydroxylation is 1. The molecule has 154 valence electrons. The molecular formula is C23H24ClN5O. The van der Waals surface area contributed by atoms with E-state index in [9.17, 15) is 5.11 Å². The highest BCUT2D eigenvalue weighted by atomic mass is 35.5. The molecule has 2 N–H and O–H groups in total. The van der Waals surface area contributed by atoms with Crippen LogP contribution in [0.5, 0.6) is 0 Å². The number of hydrogen-bond donors (Lipinski definition) is 2. The molecule has 0 spiro atoms. The molecule has 30 heavy (non-hydrogen) atoms. The predicted octanol–water partition coefficient (Wildman–Crippen LogP) is 4.62. The van der Waals surface area contributed by atoms with Gasteiger partial charge in [-0.15, -0.1) is 10.2 Å². The summed E-state index contributed by atoms with van der Waals surface area (Å²) in [6.45, 7) is 11.8. The van der Waals surface area contributed by atoms with Gasteiger partial charge in [-0.05, 0) is 43.0 Å². The fraction of sp³-hybridized carbons (Fsp3) is 0.348. The highest BCUT2D eigenvalue weighted by Gasteiger charge is 2.25. The SMILES string of the molecule is [C-]#[N+]c1ccc2c(N3CCC(CO)C3)nnc(NCCc3ccc(C)c(Cl)c3)c2c1. The third-order valence-corrected chi connectivity index (χ3v) is 6.07. The Balaban J connectivity index is 1.59. The number of aromatic nitrogens is 2. The summed E-state index contributed by atoms with van der Waals surface area (Å²) < 4.78 is 0. The zero-order valence-electron chi connectivity index (χ0n) is 16.9. The first-order valence-corrected chi connectivity index (χ1v) is 10.5. The van der Waals surface area contributed by atoms with Crippen LogP contribution in [0.25, 0.3) is 15.6 Å². The molecule has 0 saturated carbocycles. The van der Waals surface area contributed by atoms with Crippen LogP contribution >= 0.6 is 11.6 Å². The van der Waals surface area contributed by atoms with Crippen molar-refractivity contribution in [2.75, 3.05) is 36.5 Å². The number of nitrogens with one attached hydrogen (secondary N) is 1. The van der Waals surface area contributed by atoms with Crippen LogP contribution in [-0.2, 0) is 6.42 Å². The Morgan fingerprint density at radius 2 is 2.10 bits per heavy atom. The van der Waals surface area contributed by atoms with E-state index in [1.165, 1.54) is 0 Å². The van der Waals surface area contributed by atoms with Gasteiger partial charge in [0.2, 0.25) is 0 Å². The topological polar surface area (TPSA) is 65.6 Å². The van der Waals surface area contributed by atoms with Crippen LogP contribution in [0, 0.1) is 19.4 Å². The number of nitrogens with zero attached hydrogens (tertiary/aromatic N) is 4. The predicted molar refractivity (Wildman–Crippen MR) is 122 cm³/mol. The van der Waals surface area contributed by atoms with Crippen molar-refractivity contribution < 1.29 is 5.11 Å². The second-order valence-corrected chi connectivity index (χ2v) is 8.16. The third kappa shape index (κ3) is 4.18. The van der Waals surface area contributed by atoms with E-state index in [0.717, 1.165) is 58.7 Å². The van der Waals surface area contributed by atoms with Crippen LogP contribution in [0.2, 0.25) is 5.02 Å². The Hall–Kier alpha value is -2.88. The molecule has 1 fully saturated rings. The van der Waals surface area contributed by atoms with Crippen molar-refractivity contribution in [3.8, 4) is 0 Å². The Morgan fingerprint density at radius 1 is 1.23 bits per heavy atom. The molecule has 7 heteroatoms. The zero-order chi connectivity index (χ0) is 21.1. The quantitative estimate of drug-likeness (QED) is 0.569. The standard InChI is InChI=1S/C23H24ClN5O/c1-15-3-4-16(11-21(15)24)7-9-26-22-20-12-18(25-2)5-6-19(20)23(28-27-22)29-10-8-17(13-29)14-30/h3-6,11-12,17,30H,7-10,13-14H2,1H3,(H,26,27). The van der Waals surface area contributed by atoms with Gasteiger partial charge in [0.1, 0.15) is 0 Å². The number of hydrogen-bond acceptors (Lipinski definition) is 5. The number of aliphatic hydroxyl groups is 1. The van der Waals surface area contributed by atoms with Gasteiger partial charge in [0.05, 0.1) is 6.57 Å². The first kappa shape index (κ1) is 20.4. The summed E-state index contributed by atoms with van der Waals surface area (Å²) in [6.07, 6.45) is 1.75. The highest BCUT2D eigenvalue weighted by molar-refractivity contribution is 6.31. The van der Waals surface area contributed by atoms with E-state index in [0.29, 0.717) is 18.1 Å². The molecule has 3 aromatic rings. The van der Waals surface area contributed by atoms with Gasteiger partial charge in [0.25, 0.3) is 0 Å². The van der Waals surface area contributed by atoms with Gasteiger partial charge in [-0.2, -0.15) is 0 Å². The van der Waals surface area contributed by atoms with Crippen LogP contribution < -0.4 is 10.2 Å². The average Bonchev–Trinajstić information content (AvgIpc) is 3.25. The minimum atomic E-state index is 0.187. The minimum Gasteiger partial charge on any atom is -0.396 e. The van der Waals surface area contributed by atoms with Gasteiger partial charge in [0, 0.05) is 48.0 Å². The van der Waals surface area contributed by atoms with E-state index in [1.54, 1.807) is 0 Å². The fourth-order valence-corrected chi connectivity index (χ4v) is 4.06. The summed E-state index contributed by atoms with van der Waals surface area (Å²) in [5, 5.41) is 24.4. The molecule has 1 unspecified atom stereocenters. The molecule has 0 radical (unpaired) electrons. The molecule has 1 aromatic heterocycles. The van der Waals surface area contributed by atoms with E-state index in [2.05, 4.69) is 31.3 Å². The number of aliphatic hydroxyl groups excluding tert-OH is 1. The molecule has 1 saturated heterocycles. The number of fused-ring (bicyclic) bond motifs is 1.